The number of carbonyl (C=O) groups is 1. The lowest BCUT2D eigenvalue weighted by molar-refractivity contribution is -0.134. The van der Waals surface area contributed by atoms with Crippen LogP contribution < -0.4 is 5.32 Å². The number of nitrogens with one attached hydrogen (secondary N) is 1. The van der Waals surface area contributed by atoms with Gasteiger partial charge in [-0.25, -0.2) is 4.79 Å². The first kappa shape index (κ1) is 11.7. The van der Waals surface area contributed by atoms with Gasteiger partial charge in [0, 0.05) is 22.9 Å². The van der Waals surface area contributed by atoms with Gasteiger partial charge in [0.05, 0.1) is 7.11 Å². The Hall–Kier alpha value is -1.42. The quantitative estimate of drug-likeness (QED) is 0.483. The zero-order chi connectivity index (χ0) is 11.1. The van der Waals surface area contributed by atoms with Crippen molar-refractivity contribution in [1.29, 1.82) is 0 Å². The maximum Gasteiger partial charge on any atom is 0.331 e. The van der Waals surface area contributed by atoms with Crippen LogP contribution in [0.25, 0.3) is 0 Å². The Kier molecular flexibility index (Phi) is 4.77. The van der Waals surface area contributed by atoms with Crippen molar-refractivity contribution in [3.63, 3.8) is 0 Å². The molecule has 1 aromatic rings. The van der Waals surface area contributed by atoms with Crippen LogP contribution in [0.2, 0.25) is 0 Å². The van der Waals surface area contributed by atoms with E-state index in [9.17, 15) is 4.79 Å². The third kappa shape index (κ3) is 4.08. The Labute approximate surface area is 93.5 Å². The fourth-order valence-electron chi connectivity index (χ4n) is 0.987. The zero-order valence-electron chi connectivity index (χ0n) is 8.69. The molecule has 0 unspecified atom stereocenters. The second kappa shape index (κ2) is 6.14. The predicted octanol–water partition coefficient (Wildman–Crippen LogP) is 2.51. The van der Waals surface area contributed by atoms with Gasteiger partial charge in [-0.1, -0.05) is 6.07 Å². The molecule has 0 saturated heterocycles. The fraction of sp³-hybridized carbons (Fsp3) is 0.182. The summed E-state index contributed by atoms with van der Waals surface area (Å²) in [6.45, 7) is 0. The number of ether oxygens (including phenoxy) is 1. The Morgan fingerprint density at radius 2 is 2.33 bits per heavy atom. The third-order valence-electron chi connectivity index (χ3n) is 1.74. The molecule has 80 valence electrons. The van der Waals surface area contributed by atoms with E-state index in [2.05, 4.69) is 10.1 Å². The van der Waals surface area contributed by atoms with Gasteiger partial charge in [-0.15, -0.1) is 11.8 Å². The van der Waals surface area contributed by atoms with Crippen molar-refractivity contribution in [3.05, 3.63) is 36.5 Å². The second-order valence-electron chi connectivity index (χ2n) is 2.73. The third-order valence-corrected chi connectivity index (χ3v) is 2.47. The molecule has 0 fully saturated rings. The zero-order valence-corrected chi connectivity index (χ0v) is 9.51. The molecule has 0 aliphatic heterocycles. The minimum atomic E-state index is -0.372. The molecule has 0 spiro atoms. The van der Waals surface area contributed by atoms with Crippen molar-refractivity contribution >= 4 is 23.4 Å². The Morgan fingerprint density at radius 3 is 3.00 bits per heavy atom. The summed E-state index contributed by atoms with van der Waals surface area (Å²) >= 11 is 1.67. The topological polar surface area (TPSA) is 38.3 Å². The minimum Gasteiger partial charge on any atom is -0.466 e. The first-order valence-electron chi connectivity index (χ1n) is 4.41. The second-order valence-corrected chi connectivity index (χ2v) is 3.61. The number of benzene rings is 1. The monoisotopic (exact) mass is 223 g/mol. The summed E-state index contributed by atoms with van der Waals surface area (Å²) in [4.78, 5) is 11.9. The highest BCUT2D eigenvalue weighted by Crippen LogP contribution is 2.18. The highest BCUT2D eigenvalue weighted by atomic mass is 32.2. The number of hydrogen-bond donors (Lipinski definition) is 1. The number of thioether (sulfide) groups is 1. The van der Waals surface area contributed by atoms with Crippen molar-refractivity contribution < 1.29 is 9.53 Å². The van der Waals surface area contributed by atoms with Gasteiger partial charge in [-0.2, -0.15) is 0 Å². The van der Waals surface area contributed by atoms with Crippen molar-refractivity contribution in [2.75, 3.05) is 18.7 Å². The number of methoxy groups -OCH3 is 1. The lowest BCUT2D eigenvalue weighted by atomic mass is 10.3. The Balaban J connectivity index is 2.57. The lowest BCUT2D eigenvalue weighted by Crippen LogP contribution is -1.96. The molecule has 1 aromatic carbocycles. The first-order chi connectivity index (χ1) is 7.26. The van der Waals surface area contributed by atoms with Gasteiger partial charge in [0.15, 0.2) is 0 Å². The first-order valence-corrected chi connectivity index (χ1v) is 5.64. The summed E-state index contributed by atoms with van der Waals surface area (Å²) in [7, 11) is 1.35. The standard InChI is InChI=1S/C11H13NO2S/c1-14-11(13)6-7-12-9-4-3-5-10(8-9)15-2/h3-8,12H,1-2H3/b7-6+. The van der Waals surface area contributed by atoms with Crippen LogP contribution in [0.1, 0.15) is 0 Å². The summed E-state index contributed by atoms with van der Waals surface area (Å²) in [5.41, 5.74) is 0.946. The number of esters is 1. The van der Waals surface area contributed by atoms with E-state index in [0.29, 0.717) is 0 Å². The average Bonchev–Trinajstić information content (AvgIpc) is 2.29. The molecule has 0 amide bonds. The number of anilines is 1. The number of carbonyl (C=O) groups excluding carboxylic acids is 1. The molecule has 3 nitrogen and oxygen atoms in total. The smallest absolute Gasteiger partial charge is 0.331 e. The largest absolute Gasteiger partial charge is 0.466 e. The molecule has 0 saturated carbocycles. The van der Waals surface area contributed by atoms with E-state index in [1.54, 1.807) is 18.0 Å². The van der Waals surface area contributed by atoms with Crippen molar-refractivity contribution in [1.82, 2.24) is 0 Å². The normalized spacial score (nSPS) is 10.3. The highest BCUT2D eigenvalue weighted by Gasteiger charge is 1.93. The SMILES string of the molecule is COC(=O)/C=C/Nc1cccc(SC)c1. The summed E-state index contributed by atoms with van der Waals surface area (Å²) in [6.07, 6.45) is 4.92. The predicted molar refractivity (Wildman–Crippen MR) is 63.0 cm³/mol. The molecule has 0 aromatic heterocycles. The van der Waals surface area contributed by atoms with E-state index in [-0.39, 0.29) is 5.97 Å². The van der Waals surface area contributed by atoms with E-state index in [4.69, 9.17) is 0 Å². The van der Waals surface area contributed by atoms with Crippen LogP contribution in [0.4, 0.5) is 5.69 Å². The van der Waals surface area contributed by atoms with Crippen molar-refractivity contribution in [2.45, 2.75) is 4.90 Å². The molecule has 0 atom stereocenters. The van der Waals surface area contributed by atoms with E-state index in [1.807, 2.05) is 30.5 Å². The van der Waals surface area contributed by atoms with Gasteiger partial charge in [0.1, 0.15) is 0 Å². The van der Waals surface area contributed by atoms with E-state index in [0.717, 1.165) is 5.69 Å². The molecular formula is C11H13NO2S. The van der Waals surface area contributed by atoms with E-state index >= 15 is 0 Å². The molecule has 1 rings (SSSR count). The van der Waals surface area contributed by atoms with Gasteiger partial charge in [-0.3, -0.25) is 0 Å². The molecule has 0 bridgehead atoms. The molecular weight excluding hydrogens is 210 g/mol. The molecule has 1 N–H and O–H groups in total. The van der Waals surface area contributed by atoms with Crippen LogP contribution in [0, 0.1) is 0 Å². The molecule has 0 heterocycles. The van der Waals surface area contributed by atoms with Crippen LogP contribution in [-0.2, 0) is 9.53 Å². The Morgan fingerprint density at radius 1 is 1.53 bits per heavy atom. The highest BCUT2D eigenvalue weighted by molar-refractivity contribution is 7.98. The van der Waals surface area contributed by atoms with Gasteiger partial charge in [0.25, 0.3) is 0 Å². The van der Waals surface area contributed by atoms with Crippen LogP contribution in [-0.4, -0.2) is 19.3 Å². The fourth-order valence-corrected chi connectivity index (χ4v) is 1.45. The summed E-state index contributed by atoms with van der Waals surface area (Å²) in [5.74, 6) is -0.372. The molecule has 15 heavy (non-hydrogen) atoms. The van der Waals surface area contributed by atoms with E-state index < -0.39 is 0 Å². The maximum absolute atomic E-state index is 10.8. The number of rotatable bonds is 4. The molecule has 0 aliphatic rings. The van der Waals surface area contributed by atoms with E-state index in [1.165, 1.54) is 18.1 Å². The molecule has 0 aliphatic carbocycles. The minimum absolute atomic E-state index is 0.372. The van der Waals surface area contributed by atoms with Crippen LogP contribution in [0.3, 0.4) is 0 Å². The lowest BCUT2D eigenvalue weighted by Gasteiger charge is -2.02. The average molecular weight is 223 g/mol. The van der Waals surface area contributed by atoms with Gasteiger partial charge in [-0.05, 0) is 24.5 Å². The summed E-state index contributed by atoms with van der Waals surface area (Å²) < 4.78 is 4.46. The number of hydrogen-bond acceptors (Lipinski definition) is 4. The summed E-state index contributed by atoms with van der Waals surface area (Å²) in [6, 6.07) is 7.92. The van der Waals surface area contributed by atoms with Crippen LogP contribution in [0.5, 0.6) is 0 Å². The van der Waals surface area contributed by atoms with Gasteiger partial charge >= 0.3 is 5.97 Å². The van der Waals surface area contributed by atoms with Gasteiger partial charge in [0.2, 0.25) is 0 Å². The Bertz CT molecular complexity index is 363. The van der Waals surface area contributed by atoms with Crippen LogP contribution >= 0.6 is 11.8 Å². The maximum atomic E-state index is 10.8. The van der Waals surface area contributed by atoms with Gasteiger partial charge < -0.3 is 10.1 Å². The molecule has 4 heteroatoms. The van der Waals surface area contributed by atoms with Crippen LogP contribution in [0.15, 0.2) is 41.4 Å². The molecule has 0 radical (unpaired) electrons. The van der Waals surface area contributed by atoms with Crippen molar-refractivity contribution in [2.24, 2.45) is 0 Å². The van der Waals surface area contributed by atoms with Crippen molar-refractivity contribution in [3.8, 4) is 0 Å². The summed E-state index contributed by atoms with van der Waals surface area (Å²) in [5, 5.41) is 2.99.